The quantitative estimate of drug-likeness (QED) is 0.356. The maximum atomic E-state index is 13.4. The van der Waals surface area contributed by atoms with Crippen LogP contribution in [0.5, 0.6) is 0 Å². The first-order chi connectivity index (χ1) is 16.4. The van der Waals surface area contributed by atoms with Gasteiger partial charge in [0.1, 0.15) is 11.4 Å². The number of amides is 4. The molecule has 1 saturated heterocycles. The van der Waals surface area contributed by atoms with Crippen molar-refractivity contribution >= 4 is 35.6 Å². The number of urea groups is 1. The predicted octanol–water partition coefficient (Wildman–Crippen LogP) is 3.87. The van der Waals surface area contributed by atoms with Gasteiger partial charge < -0.3 is 4.74 Å². The van der Waals surface area contributed by atoms with Crippen LogP contribution in [-0.4, -0.2) is 30.9 Å². The molecule has 1 heterocycles. The van der Waals surface area contributed by atoms with E-state index in [4.69, 9.17) is 0 Å². The fraction of sp³-hybridized carbons (Fsp3) is 0.0769. The molecule has 0 bridgehead atoms. The van der Waals surface area contributed by atoms with Crippen LogP contribution < -0.4 is 10.2 Å². The highest BCUT2D eigenvalue weighted by atomic mass is 19.1. The van der Waals surface area contributed by atoms with E-state index in [1.54, 1.807) is 18.2 Å². The minimum absolute atomic E-state index is 0.194. The number of nitrogens with one attached hydrogen (secondary N) is 1. The summed E-state index contributed by atoms with van der Waals surface area (Å²) < 4.78 is 18.0. The maximum absolute atomic E-state index is 13.4. The van der Waals surface area contributed by atoms with E-state index in [0.717, 1.165) is 16.0 Å². The van der Waals surface area contributed by atoms with Crippen LogP contribution in [0.4, 0.5) is 14.9 Å². The highest BCUT2D eigenvalue weighted by Gasteiger charge is 2.36. The van der Waals surface area contributed by atoms with Gasteiger partial charge in [-0.1, -0.05) is 36.4 Å². The largest absolute Gasteiger partial charge is 0.465 e. The molecular formula is C26H19FN2O5. The Kier molecular flexibility index (Phi) is 6.31. The van der Waals surface area contributed by atoms with Crippen molar-refractivity contribution in [2.75, 3.05) is 12.0 Å². The van der Waals surface area contributed by atoms with E-state index < -0.39 is 23.8 Å². The molecule has 3 aromatic carbocycles. The lowest BCUT2D eigenvalue weighted by atomic mass is 10.0. The van der Waals surface area contributed by atoms with Crippen molar-refractivity contribution in [2.45, 2.75) is 6.42 Å². The monoisotopic (exact) mass is 458 g/mol. The third-order valence-electron chi connectivity index (χ3n) is 5.24. The molecule has 1 aliphatic heterocycles. The van der Waals surface area contributed by atoms with E-state index in [1.165, 1.54) is 49.6 Å². The van der Waals surface area contributed by atoms with Gasteiger partial charge in [0.25, 0.3) is 11.8 Å². The first-order valence-electron chi connectivity index (χ1n) is 10.3. The number of carbonyl (C=O) groups excluding carboxylic acids is 4. The highest BCUT2D eigenvalue weighted by molar-refractivity contribution is 6.39. The van der Waals surface area contributed by atoms with Crippen LogP contribution in [0.3, 0.4) is 0 Å². The summed E-state index contributed by atoms with van der Waals surface area (Å²) in [5.41, 5.74) is 2.56. The van der Waals surface area contributed by atoms with Crippen molar-refractivity contribution < 1.29 is 28.3 Å². The number of barbiturate groups is 1. The zero-order valence-electron chi connectivity index (χ0n) is 18.1. The summed E-state index contributed by atoms with van der Waals surface area (Å²) in [5, 5.41) is 2.16. The SMILES string of the molecule is COC(=O)c1ccc(N2C(=O)NC(=O)/C(=C\c3ccc(Cc4cccc(F)c4)cc3)C2=O)cc1. The molecule has 4 amide bonds. The van der Waals surface area contributed by atoms with E-state index in [0.29, 0.717) is 12.0 Å². The number of ether oxygens (including phenoxy) is 1. The van der Waals surface area contributed by atoms with Crippen molar-refractivity contribution in [3.63, 3.8) is 0 Å². The molecule has 0 atom stereocenters. The minimum atomic E-state index is -0.886. The van der Waals surface area contributed by atoms with Gasteiger partial charge in [-0.05, 0) is 65.6 Å². The Labute approximate surface area is 194 Å². The second kappa shape index (κ2) is 9.50. The Morgan fingerprint density at radius 2 is 1.68 bits per heavy atom. The maximum Gasteiger partial charge on any atom is 0.337 e. The molecule has 8 heteroatoms. The molecule has 0 unspecified atom stereocenters. The van der Waals surface area contributed by atoms with Gasteiger partial charge in [-0.3, -0.25) is 14.9 Å². The summed E-state index contributed by atoms with van der Waals surface area (Å²) in [6, 6.07) is 18.2. The van der Waals surface area contributed by atoms with Crippen LogP contribution in [-0.2, 0) is 20.7 Å². The molecule has 0 aliphatic carbocycles. The molecule has 1 fully saturated rings. The van der Waals surface area contributed by atoms with Gasteiger partial charge in [0, 0.05) is 0 Å². The number of nitrogens with zero attached hydrogens (tertiary/aromatic N) is 1. The summed E-state index contributed by atoms with van der Waals surface area (Å²) in [5.74, 6) is -2.46. The number of carbonyl (C=O) groups is 4. The third kappa shape index (κ3) is 4.75. The Balaban J connectivity index is 1.56. The molecule has 170 valence electrons. The lowest BCUT2D eigenvalue weighted by Gasteiger charge is -2.26. The summed E-state index contributed by atoms with van der Waals surface area (Å²) in [6.45, 7) is 0. The van der Waals surface area contributed by atoms with Gasteiger partial charge in [-0.25, -0.2) is 18.9 Å². The number of halogens is 1. The number of rotatable bonds is 5. The van der Waals surface area contributed by atoms with Crippen molar-refractivity contribution in [3.05, 3.63) is 106 Å². The van der Waals surface area contributed by atoms with E-state index in [2.05, 4.69) is 10.1 Å². The molecule has 0 saturated carbocycles. The summed E-state index contributed by atoms with van der Waals surface area (Å²) in [7, 11) is 1.24. The molecule has 0 radical (unpaired) electrons. The van der Waals surface area contributed by atoms with Gasteiger partial charge in [-0.2, -0.15) is 0 Å². The van der Waals surface area contributed by atoms with Crippen LogP contribution in [0.2, 0.25) is 0 Å². The van der Waals surface area contributed by atoms with Crippen LogP contribution >= 0.6 is 0 Å². The molecule has 0 aromatic heterocycles. The van der Waals surface area contributed by atoms with Gasteiger partial charge >= 0.3 is 12.0 Å². The number of esters is 1. The zero-order valence-corrected chi connectivity index (χ0v) is 18.1. The Hall–Kier alpha value is -4.59. The standard InChI is InChI=1S/C26H19FN2O5/c1-34-25(32)19-9-11-21(12-10-19)29-24(31)22(23(30)28-26(29)33)15-17-7-5-16(6-8-17)13-18-3-2-4-20(27)14-18/h2-12,14-15H,13H2,1H3,(H,28,30,33)/b22-15+. The third-order valence-corrected chi connectivity index (χ3v) is 5.24. The average molecular weight is 458 g/mol. The summed E-state index contributed by atoms with van der Waals surface area (Å²) >= 11 is 0. The lowest BCUT2D eigenvalue weighted by molar-refractivity contribution is -0.122. The number of anilines is 1. The van der Waals surface area contributed by atoms with Gasteiger partial charge in [0.15, 0.2) is 0 Å². The van der Waals surface area contributed by atoms with Crippen LogP contribution in [0.25, 0.3) is 6.08 Å². The van der Waals surface area contributed by atoms with Gasteiger partial charge in [0.2, 0.25) is 0 Å². The number of hydrogen-bond donors (Lipinski definition) is 1. The Morgan fingerprint density at radius 3 is 2.32 bits per heavy atom. The molecule has 4 rings (SSSR count). The normalized spacial score (nSPS) is 14.8. The van der Waals surface area contributed by atoms with Crippen LogP contribution in [0.1, 0.15) is 27.0 Å². The van der Waals surface area contributed by atoms with Crippen molar-refractivity contribution in [2.24, 2.45) is 0 Å². The lowest BCUT2D eigenvalue weighted by Crippen LogP contribution is -2.54. The van der Waals surface area contributed by atoms with E-state index in [9.17, 15) is 23.6 Å². The predicted molar refractivity (Wildman–Crippen MR) is 122 cm³/mol. The van der Waals surface area contributed by atoms with Crippen molar-refractivity contribution in [1.82, 2.24) is 5.32 Å². The van der Waals surface area contributed by atoms with Gasteiger partial charge in [0.05, 0.1) is 18.4 Å². The highest BCUT2D eigenvalue weighted by Crippen LogP contribution is 2.23. The molecule has 0 spiro atoms. The van der Waals surface area contributed by atoms with Crippen molar-refractivity contribution in [1.29, 1.82) is 0 Å². The molecular weight excluding hydrogens is 439 g/mol. The van der Waals surface area contributed by atoms with Crippen molar-refractivity contribution in [3.8, 4) is 0 Å². The minimum Gasteiger partial charge on any atom is -0.465 e. The molecule has 34 heavy (non-hydrogen) atoms. The van der Waals surface area contributed by atoms with Crippen LogP contribution in [0, 0.1) is 5.82 Å². The van der Waals surface area contributed by atoms with E-state index >= 15 is 0 Å². The molecule has 1 aliphatic rings. The number of methoxy groups -OCH3 is 1. The molecule has 3 aromatic rings. The summed E-state index contributed by atoms with van der Waals surface area (Å²) in [4.78, 5) is 50.2. The fourth-order valence-corrected chi connectivity index (χ4v) is 3.54. The van der Waals surface area contributed by atoms with E-state index in [-0.39, 0.29) is 22.6 Å². The fourth-order valence-electron chi connectivity index (χ4n) is 3.54. The smallest absolute Gasteiger partial charge is 0.337 e. The molecule has 1 N–H and O–H groups in total. The topological polar surface area (TPSA) is 92.8 Å². The second-order valence-electron chi connectivity index (χ2n) is 7.54. The number of imide groups is 2. The molecule has 7 nitrogen and oxygen atoms in total. The first kappa shape index (κ1) is 22.6. The summed E-state index contributed by atoms with van der Waals surface area (Å²) in [6.07, 6.45) is 1.92. The van der Waals surface area contributed by atoms with Gasteiger partial charge in [-0.15, -0.1) is 0 Å². The number of benzene rings is 3. The average Bonchev–Trinajstić information content (AvgIpc) is 2.82. The number of hydrogen-bond acceptors (Lipinski definition) is 5. The first-order valence-corrected chi connectivity index (χ1v) is 10.3. The Morgan fingerprint density at radius 1 is 0.971 bits per heavy atom. The zero-order chi connectivity index (χ0) is 24.2. The second-order valence-corrected chi connectivity index (χ2v) is 7.54. The van der Waals surface area contributed by atoms with E-state index in [1.807, 2.05) is 18.2 Å². The Bertz CT molecular complexity index is 1310. The van der Waals surface area contributed by atoms with Crippen LogP contribution in [0.15, 0.2) is 78.4 Å².